The second-order valence-corrected chi connectivity index (χ2v) is 3.94. The summed E-state index contributed by atoms with van der Waals surface area (Å²) in [6.07, 6.45) is 0.274. The summed E-state index contributed by atoms with van der Waals surface area (Å²) >= 11 is 1.46. The molecule has 1 heterocycles. The highest BCUT2D eigenvalue weighted by molar-refractivity contribution is 7.08. The molecule has 0 aliphatic carbocycles. The summed E-state index contributed by atoms with van der Waals surface area (Å²) in [6.45, 7) is 1.23. The second kappa shape index (κ2) is 6.97. The SMILES string of the molecule is NCCNC(=O)CCNC(=O)c1ccsc1. The molecule has 0 atom stereocenters. The van der Waals surface area contributed by atoms with Crippen molar-refractivity contribution in [3.05, 3.63) is 22.4 Å². The van der Waals surface area contributed by atoms with Crippen molar-refractivity contribution in [2.75, 3.05) is 19.6 Å². The minimum atomic E-state index is -0.145. The maximum atomic E-state index is 11.4. The number of rotatable bonds is 6. The highest BCUT2D eigenvalue weighted by Gasteiger charge is 2.05. The highest BCUT2D eigenvalue weighted by Crippen LogP contribution is 2.04. The molecule has 0 saturated carbocycles. The average Bonchev–Trinajstić information content (AvgIpc) is 2.79. The van der Waals surface area contributed by atoms with Crippen LogP contribution in [-0.4, -0.2) is 31.4 Å². The standard InChI is InChI=1S/C10H15N3O2S/c11-3-5-12-9(14)1-4-13-10(15)8-2-6-16-7-8/h2,6-7H,1,3-5,11H2,(H,12,14)(H,13,15). The number of carbonyl (C=O) groups is 2. The van der Waals surface area contributed by atoms with Crippen LogP contribution in [0.2, 0.25) is 0 Å². The van der Waals surface area contributed by atoms with Crippen LogP contribution >= 0.6 is 11.3 Å². The van der Waals surface area contributed by atoms with Crippen molar-refractivity contribution in [3.63, 3.8) is 0 Å². The monoisotopic (exact) mass is 241 g/mol. The number of carbonyl (C=O) groups excluding carboxylic acids is 2. The largest absolute Gasteiger partial charge is 0.355 e. The van der Waals surface area contributed by atoms with Crippen LogP contribution in [0.1, 0.15) is 16.8 Å². The Kier molecular flexibility index (Phi) is 5.52. The first-order valence-electron chi connectivity index (χ1n) is 5.01. The molecule has 0 bridgehead atoms. The summed E-state index contributed by atoms with van der Waals surface area (Å²) in [4.78, 5) is 22.6. The Morgan fingerprint density at radius 3 is 2.75 bits per heavy atom. The van der Waals surface area contributed by atoms with Crippen LogP contribution in [0.4, 0.5) is 0 Å². The van der Waals surface area contributed by atoms with Gasteiger partial charge in [0.05, 0.1) is 0 Å². The molecule has 16 heavy (non-hydrogen) atoms. The molecule has 2 amide bonds. The molecule has 0 saturated heterocycles. The lowest BCUT2D eigenvalue weighted by Crippen LogP contribution is -2.33. The summed E-state index contributed by atoms with van der Waals surface area (Å²) < 4.78 is 0. The van der Waals surface area contributed by atoms with E-state index in [1.54, 1.807) is 11.4 Å². The van der Waals surface area contributed by atoms with Crippen molar-refractivity contribution in [2.24, 2.45) is 5.73 Å². The van der Waals surface area contributed by atoms with Gasteiger partial charge in [-0.05, 0) is 11.4 Å². The van der Waals surface area contributed by atoms with Crippen LogP contribution < -0.4 is 16.4 Å². The maximum Gasteiger partial charge on any atom is 0.252 e. The van der Waals surface area contributed by atoms with Gasteiger partial charge in [-0.2, -0.15) is 11.3 Å². The zero-order chi connectivity index (χ0) is 11.8. The minimum Gasteiger partial charge on any atom is -0.355 e. The first-order valence-corrected chi connectivity index (χ1v) is 5.95. The molecule has 0 aliphatic rings. The van der Waals surface area contributed by atoms with E-state index in [0.29, 0.717) is 25.2 Å². The van der Waals surface area contributed by atoms with Crippen molar-refractivity contribution in [3.8, 4) is 0 Å². The Labute approximate surface area is 98.0 Å². The summed E-state index contributed by atoms with van der Waals surface area (Å²) in [6, 6.07) is 1.74. The fourth-order valence-electron chi connectivity index (χ4n) is 1.09. The van der Waals surface area contributed by atoms with E-state index in [0.717, 1.165) is 0 Å². The van der Waals surface area contributed by atoms with E-state index in [1.807, 2.05) is 5.38 Å². The first kappa shape index (κ1) is 12.7. The van der Waals surface area contributed by atoms with Crippen LogP contribution in [0.15, 0.2) is 16.8 Å². The number of nitrogens with two attached hydrogens (primary N) is 1. The summed E-state index contributed by atoms with van der Waals surface area (Å²) in [7, 11) is 0. The maximum absolute atomic E-state index is 11.4. The molecule has 0 aromatic carbocycles. The number of hydrogen-bond donors (Lipinski definition) is 3. The Hall–Kier alpha value is -1.40. The molecule has 5 nitrogen and oxygen atoms in total. The Balaban J connectivity index is 2.16. The third-order valence-corrected chi connectivity index (χ3v) is 2.57. The minimum absolute atomic E-state index is 0.101. The van der Waals surface area contributed by atoms with Gasteiger partial charge >= 0.3 is 0 Å². The van der Waals surface area contributed by atoms with Crippen molar-refractivity contribution in [1.82, 2.24) is 10.6 Å². The third-order valence-electron chi connectivity index (χ3n) is 1.89. The molecular formula is C10H15N3O2S. The van der Waals surface area contributed by atoms with Gasteiger partial charge in [-0.15, -0.1) is 0 Å². The molecule has 0 fully saturated rings. The molecule has 1 aromatic heterocycles. The molecule has 0 unspecified atom stereocenters. The van der Waals surface area contributed by atoms with Crippen molar-refractivity contribution >= 4 is 23.2 Å². The summed E-state index contributed by atoms with van der Waals surface area (Å²) in [5.41, 5.74) is 5.87. The molecule has 1 aromatic rings. The third kappa shape index (κ3) is 4.41. The van der Waals surface area contributed by atoms with Crippen LogP contribution in [0.3, 0.4) is 0 Å². The van der Waals surface area contributed by atoms with Crippen LogP contribution in [0.5, 0.6) is 0 Å². The smallest absolute Gasteiger partial charge is 0.252 e. The number of hydrogen-bond acceptors (Lipinski definition) is 4. The van der Waals surface area contributed by atoms with Crippen LogP contribution in [-0.2, 0) is 4.79 Å². The quantitative estimate of drug-likeness (QED) is 0.652. The molecular weight excluding hydrogens is 226 g/mol. The number of nitrogens with one attached hydrogen (secondary N) is 2. The van der Waals surface area contributed by atoms with E-state index < -0.39 is 0 Å². The predicted molar refractivity (Wildman–Crippen MR) is 63.3 cm³/mol. The van der Waals surface area contributed by atoms with Gasteiger partial charge < -0.3 is 16.4 Å². The molecule has 0 aliphatic heterocycles. The van der Waals surface area contributed by atoms with E-state index in [2.05, 4.69) is 10.6 Å². The van der Waals surface area contributed by atoms with Gasteiger partial charge in [-0.1, -0.05) is 0 Å². The van der Waals surface area contributed by atoms with Crippen molar-refractivity contribution < 1.29 is 9.59 Å². The molecule has 4 N–H and O–H groups in total. The average molecular weight is 241 g/mol. The topological polar surface area (TPSA) is 84.2 Å². The van der Waals surface area contributed by atoms with Gasteiger partial charge in [0, 0.05) is 37.0 Å². The number of thiophene rings is 1. The lowest BCUT2D eigenvalue weighted by Gasteiger charge is -2.04. The molecule has 6 heteroatoms. The number of amides is 2. The zero-order valence-electron chi connectivity index (χ0n) is 8.86. The normalized spacial score (nSPS) is 9.81. The van der Waals surface area contributed by atoms with E-state index in [-0.39, 0.29) is 18.2 Å². The molecule has 1 rings (SSSR count). The van der Waals surface area contributed by atoms with Gasteiger partial charge in [0.25, 0.3) is 5.91 Å². The second-order valence-electron chi connectivity index (χ2n) is 3.16. The van der Waals surface area contributed by atoms with Crippen LogP contribution in [0, 0.1) is 0 Å². The van der Waals surface area contributed by atoms with Gasteiger partial charge in [0.15, 0.2) is 0 Å². The summed E-state index contributed by atoms with van der Waals surface area (Å²) in [5, 5.41) is 8.90. The van der Waals surface area contributed by atoms with Gasteiger partial charge in [-0.3, -0.25) is 9.59 Å². The molecule has 0 radical (unpaired) electrons. The fourth-order valence-corrected chi connectivity index (χ4v) is 1.72. The Morgan fingerprint density at radius 2 is 2.12 bits per heavy atom. The summed E-state index contributed by atoms with van der Waals surface area (Å²) in [5.74, 6) is -0.246. The zero-order valence-corrected chi connectivity index (χ0v) is 9.68. The first-order chi connectivity index (χ1) is 7.74. The molecule has 88 valence electrons. The predicted octanol–water partition coefficient (Wildman–Crippen LogP) is -0.0571. The van der Waals surface area contributed by atoms with E-state index >= 15 is 0 Å². The van der Waals surface area contributed by atoms with Crippen molar-refractivity contribution in [1.29, 1.82) is 0 Å². The molecule has 0 spiro atoms. The van der Waals surface area contributed by atoms with Gasteiger partial charge in [0.2, 0.25) is 5.91 Å². The van der Waals surface area contributed by atoms with E-state index in [1.165, 1.54) is 11.3 Å². The fraction of sp³-hybridized carbons (Fsp3) is 0.400. The lowest BCUT2D eigenvalue weighted by atomic mass is 10.3. The highest BCUT2D eigenvalue weighted by atomic mass is 32.1. The Morgan fingerprint density at radius 1 is 1.31 bits per heavy atom. The Bertz CT molecular complexity index is 338. The van der Waals surface area contributed by atoms with Gasteiger partial charge in [0.1, 0.15) is 0 Å². The van der Waals surface area contributed by atoms with Crippen molar-refractivity contribution in [2.45, 2.75) is 6.42 Å². The lowest BCUT2D eigenvalue weighted by molar-refractivity contribution is -0.120. The van der Waals surface area contributed by atoms with E-state index in [9.17, 15) is 9.59 Å². The van der Waals surface area contributed by atoms with E-state index in [4.69, 9.17) is 5.73 Å². The van der Waals surface area contributed by atoms with Gasteiger partial charge in [-0.25, -0.2) is 0 Å². The van der Waals surface area contributed by atoms with Crippen LogP contribution in [0.25, 0.3) is 0 Å².